The van der Waals surface area contributed by atoms with Crippen LogP contribution >= 0.6 is 0 Å². The summed E-state index contributed by atoms with van der Waals surface area (Å²) in [5, 5.41) is 5.11. The number of halogens is 1. The Labute approximate surface area is 132 Å². The van der Waals surface area contributed by atoms with E-state index in [1.54, 1.807) is 30.9 Å². The molecule has 1 aromatic carbocycles. The van der Waals surface area contributed by atoms with Gasteiger partial charge in [0.15, 0.2) is 0 Å². The topological polar surface area (TPSA) is 67.2 Å². The summed E-state index contributed by atoms with van der Waals surface area (Å²) in [6, 6.07) is 11.0. The second-order valence-electron chi connectivity index (χ2n) is 4.85. The summed E-state index contributed by atoms with van der Waals surface area (Å²) in [7, 11) is 0. The second-order valence-corrected chi connectivity index (χ2v) is 4.85. The summed E-state index contributed by atoms with van der Waals surface area (Å²) >= 11 is 0. The van der Waals surface area contributed by atoms with Gasteiger partial charge < -0.3 is 15.1 Å². The van der Waals surface area contributed by atoms with Crippen molar-refractivity contribution in [2.75, 3.05) is 5.32 Å². The first-order chi connectivity index (χ1) is 11.2. The minimum atomic E-state index is -0.478. The zero-order valence-corrected chi connectivity index (χ0v) is 12.1. The smallest absolute Gasteiger partial charge is 0.319 e. The van der Waals surface area contributed by atoms with Crippen molar-refractivity contribution in [1.82, 2.24) is 10.3 Å². The van der Waals surface area contributed by atoms with Crippen LogP contribution in [0, 0.1) is 5.82 Å². The van der Waals surface area contributed by atoms with Gasteiger partial charge >= 0.3 is 6.03 Å². The Balaban J connectivity index is 1.56. The maximum Gasteiger partial charge on any atom is 0.319 e. The van der Waals surface area contributed by atoms with Crippen molar-refractivity contribution in [1.29, 1.82) is 0 Å². The highest BCUT2D eigenvalue weighted by molar-refractivity contribution is 5.89. The van der Waals surface area contributed by atoms with Gasteiger partial charge in [-0.25, -0.2) is 9.18 Å². The van der Waals surface area contributed by atoms with Crippen LogP contribution in [0.3, 0.4) is 0 Å². The van der Waals surface area contributed by atoms with Gasteiger partial charge in [0, 0.05) is 18.3 Å². The minimum absolute atomic E-state index is 0.137. The molecule has 23 heavy (non-hydrogen) atoms. The van der Waals surface area contributed by atoms with Gasteiger partial charge in [0.2, 0.25) is 0 Å². The molecular weight excluding hydrogens is 297 g/mol. The third kappa shape index (κ3) is 3.74. The molecule has 3 aromatic rings. The van der Waals surface area contributed by atoms with Crippen LogP contribution in [0.25, 0.3) is 11.3 Å². The first-order valence-electron chi connectivity index (χ1n) is 6.99. The number of rotatable bonds is 4. The molecule has 0 bridgehead atoms. The Kier molecular flexibility index (Phi) is 4.33. The van der Waals surface area contributed by atoms with Gasteiger partial charge in [-0.05, 0) is 29.8 Å². The lowest BCUT2D eigenvalue weighted by Crippen LogP contribution is -2.28. The van der Waals surface area contributed by atoms with Crippen LogP contribution < -0.4 is 10.6 Å². The molecule has 2 heterocycles. The Morgan fingerprint density at radius 3 is 2.74 bits per heavy atom. The van der Waals surface area contributed by atoms with E-state index in [1.807, 2.05) is 18.2 Å². The molecule has 2 aromatic heterocycles. The Morgan fingerprint density at radius 1 is 1.17 bits per heavy atom. The van der Waals surface area contributed by atoms with Crippen molar-refractivity contribution >= 4 is 11.7 Å². The van der Waals surface area contributed by atoms with Crippen molar-refractivity contribution < 1.29 is 13.6 Å². The molecule has 5 nitrogen and oxygen atoms in total. The van der Waals surface area contributed by atoms with Crippen LogP contribution in [-0.4, -0.2) is 11.0 Å². The lowest BCUT2D eigenvalue weighted by Gasteiger charge is -2.08. The normalized spacial score (nSPS) is 10.3. The van der Waals surface area contributed by atoms with Crippen molar-refractivity contribution in [3.05, 3.63) is 72.6 Å². The number of anilines is 1. The number of carbonyl (C=O) groups excluding carboxylic acids is 1. The summed E-state index contributed by atoms with van der Waals surface area (Å²) in [4.78, 5) is 16.1. The average Bonchev–Trinajstić information content (AvgIpc) is 3.10. The quantitative estimate of drug-likeness (QED) is 0.770. The number of nitrogens with one attached hydrogen (secondary N) is 2. The number of amides is 2. The predicted octanol–water partition coefficient (Wildman–Crippen LogP) is 3.80. The van der Waals surface area contributed by atoms with Crippen molar-refractivity contribution in [3.63, 3.8) is 0 Å². The molecule has 6 heteroatoms. The Hall–Kier alpha value is -3.15. The van der Waals surface area contributed by atoms with E-state index < -0.39 is 11.8 Å². The highest BCUT2D eigenvalue weighted by Gasteiger charge is 2.06. The molecular formula is C17H14FN3O2. The van der Waals surface area contributed by atoms with Crippen LogP contribution in [-0.2, 0) is 6.54 Å². The molecule has 2 amide bonds. The van der Waals surface area contributed by atoms with Gasteiger partial charge in [-0.1, -0.05) is 18.2 Å². The number of pyridine rings is 1. The number of aromatic nitrogens is 1. The molecule has 0 saturated heterocycles. The fraction of sp³-hybridized carbons (Fsp3) is 0.0588. The second kappa shape index (κ2) is 6.74. The maximum atomic E-state index is 13.4. The van der Waals surface area contributed by atoms with E-state index >= 15 is 0 Å². The number of furan rings is 1. The molecule has 0 radical (unpaired) electrons. The van der Waals surface area contributed by atoms with Gasteiger partial charge in [-0.2, -0.15) is 0 Å². The molecule has 0 fully saturated rings. The average molecular weight is 311 g/mol. The molecule has 0 aliphatic heterocycles. The summed E-state index contributed by atoms with van der Waals surface area (Å²) in [6.07, 6.45) is 4.87. The lowest BCUT2D eigenvalue weighted by atomic mass is 10.2. The van der Waals surface area contributed by atoms with Crippen LogP contribution in [0.1, 0.15) is 5.56 Å². The number of hydrogen-bond donors (Lipinski definition) is 2. The van der Waals surface area contributed by atoms with E-state index in [1.165, 1.54) is 12.1 Å². The van der Waals surface area contributed by atoms with Crippen LogP contribution in [0.5, 0.6) is 0 Å². The van der Waals surface area contributed by atoms with Crippen molar-refractivity contribution in [2.45, 2.75) is 6.54 Å². The monoisotopic (exact) mass is 311 g/mol. The van der Waals surface area contributed by atoms with Gasteiger partial charge in [0.1, 0.15) is 5.82 Å². The Bertz CT molecular complexity index is 786. The van der Waals surface area contributed by atoms with Crippen LogP contribution in [0.4, 0.5) is 14.9 Å². The maximum absolute atomic E-state index is 13.4. The number of hydrogen-bond acceptors (Lipinski definition) is 3. The zero-order chi connectivity index (χ0) is 16.1. The fourth-order valence-electron chi connectivity index (χ4n) is 2.02. The molecule has 0 unspecified atom stereocenters. The fourth-order valence-corrected chi connectivity index (χ4v) is 2.02. The molecule has 0 aliphatic rings. The predicted molar refractivity (Wildman–Crippen MR) is 84.2 cm³/mol. The van der Waals surface area contributed by atoms with E-state index in [0.717, 1.165) is 16.8 Å². The minimum Gasteiger partial charge on any atom is -0.472 e. The summed E-state index contributed by atoms with van der Waals surface area (Å²) in [5.74, 6) is -0.478. The van der Waals surface area contributed by atoms with Crippen LogP contribution in [0.15, 0.2) is 65.6 Å². The van der Waals surface area contributed by atoms with Crippen molar-refractivity contribution in [3.8, 4) is 11.3 Å². The SMILES string of the molecule is O=C(NCc1ccc(-c2ccoc2)nc1)Nc1ccccc1F. The van der Waals surface area contributed by atoms with E-state index in [9.17, 15) is 9.18 Å². The van der Waals surface area contributed by atoms with Gasteiger partial charge in [0.05, 0.1) is 23.9 Å². The van der Waals surface area contributed by atoms with E-state index in [0.29, 0.717) is 6.54 Å². The summed E-state index contributed by atoms with van der Waals surface area (Å²) in [6.45, 7) is 0.291. The van der Waals surface area contributed by atoms with Gasteiger partial charge in [-0.3, -0.25) is 4.98 Å². The van der Waals surface area contributed by atoms with E-state index in [2.05, 4.69) is 15.6 Å². The number of carbonyl (C=O) groups is 1. The first kappa shape index (κ1) is 14.8. The van der Waals surface area contributed by atoms with E-state index in [4.69, 9.17) is 4.42 Å². The lowest BCUT2D eigenvalue weighted by molar-refractivity contribution is 0.251. The van der Waals surface area contributed by atoms with E-state index in [-0.39, 0.29) is 5.69 Å². The highest BCUT2D eigenvalue weighted by atomic mass is 19.1. The number of urea groups is 1. The molecule has 116 valence electrons. The third-order valence-electron chi connectivity index (χ3n) is 3.22. The Morgan fingerprint density at radius 2 is 2.04 bits per heavy atom. The highest BCUT2D eigenvalue weighted by Crippen LogP contribution is 2.17. The molecule has 0 aliphatic carbocycles. The molecule has 3 rings (SSSR count). The standard InChI is InChI=1S/C17H14FN3O2/c18-14-3-1-2-4-16(14)21-17(22)20-10-12-5-6-15(19-9-12)13-7-8-23-11-13/h1-9,11H,10H2,(H2,20,21,22). The largest absolute Gasteiger partial charge is 0.472 e. The number of para-hydroxylation sites is 1. The summed E-state index contributed by atoms with van der Waals surface area (Å²) < 4.78 is 18.4. The summed E-state index contributed by atoms with van der Waals surface area (Å²) in [5.41, 5.74) is 2.65. The van der Waals surface area contributed by atoms with Gasteiger partial charge in [-0.15, -0.1) is 0 Å². The number of nitrogens with zero attached hydrogens (tertiary/aromatic N) is 1. The third-order valence-corrected chi connectivity index (χ3v) is 3.22. The zero-order valence-electron chi connectivity index (χ0n) is 12.1. The molecule has 2 N–H and O–H groups in total. The first-order valence-corrected chi connectivity index (χ1v) is 6.99. The number of benzene rings is 1. The molecule has 0 spiro atoms. The van der Waals surface area contributed by atoms with Crippen LogP contribution in [0.2, 0.25) is 0 Å². The van der Waals surface area contributed by atoms with Crippen molar-refractivity contribution in [2.24, 2.45) is 0 Å². The van der Waals surface area contributed by atoms with Gasteiger partial charge in [0.25, 0.3) is 0 Å². The molecule has 0 atom stereocenters. The molecule has 0 saturated carbocycles.